The fraction of sp³-hybridized carbons (Fsp3) is 0.385. The Morgan fingerprint density at radius 2 is 2.19 bits per heavy atom. The second-order valence-corrected chi connectivity index (χ2v) is 3.93. The van der Waals surface area contributed by atoms with E-state index in [-0.39, 0.29) is 6.04 Å². The van der Waals surface area contributed by atoms with Crippen molar-refractivity contribution in [3.05, 3.63) is 36.1 Å². The predicted molar refractivity (Wildman–Crippen MR) is 64.3 cm³/mol. The Balaban J connectivity index is 2.07. The molecule has 0 aliphatic carbocycles. The first-order chi connectivity index (χ1) is 7.81. The van der Waals surface area contributed by atoms with Gasteiger partial charge in [-0.25, -0.2) is 0 Å². The molecule has 0 radical (unpaired) electrons. The Morgan fingerprint density at radius 3 is 2.94 bits per heavy atom. The SMILES string of the molecule is COCCCC(N)c1cc2ccccc2o1. The minimum Gasteiger partial charge on any atom is -0.459 e. The number of furan rings is 1. The van der Waals surface area contributed by atoms with Gasteiger partial charge in [-0.05, 0) is 25.0 Å². The quantitative estimate of drug-likeness (QED) is 0.786. The van der Waals surface area contributed by atoms with Gasteiger partial charge in [0.1, 0.15) is 11.3 Å². The third-order valence-corrected chi connectivity index (χ3v) is 2.67. The van der Waals surface area contributed by atoms with Crippen LogP contribution in [0.3, 0.4) is 0 Å². The molecule has 1 aromatic carbocycles. The highest BCUT2D eigenvalue weighted by molar-refractivity contribution is 5.77. The van der Waals surface area contributed by atoms with Crippen molar-refractivity contribution < 1.29 is 9.15 Å². The summed E-state index contributed by atoms with van der Waals surface area (Å²) in [5, 5.41) is 1.11. The van der Waals surface area contributed by atoms with Crippen LogP contribution in [0, 0.1) is 0 Å². The van der Waals surface area contributed by atoms with Crippen molar-refractivity contribution in [1.29, 1.82) is 0 Å². The first-order valence-electron chi connectivity index (χ1n) is 5.54. The van der Waals surface area contributed by atoms with Gasteiger partial charge < -0.3 is 14.9 Å². The molecule has 3 nitrogen and oxygen atoms in total. The van der Waals surface area contributed by atoms with Crippen molar-refractivity contribution in [3.8, 4) is 0 Å². The van der Waals surface area contributed by atoms with Crippen LogP contribution in [0.2, 0.25) is 0 Å². The van der Waals surface area contributed by atoms with E-state index in [1.807, 2.05) is 30.3 Å². The average molecular weight is 219 g/mol. The summed E-state index contributed by atoms with van der Waals surface area (Å²) >= 11 is 0. The Bertz CT molecular complexity index is 417. The van der Waals surface area contributed by atoms with Gasteiger partial charge in [-0.1, -0.05) is 18.2 Å². The van der Waals surface area contributed by atoms with Gasteiger partial charge in [-0.15, -0.1) is 0 Å². The zero-order valence-electron chi connectivity index (χ0n) is 9.48. The summed E-state index contributed by atoms with van der Waals surface area (Å²) in [6.07, 6.45) is 1.84. The maximum Gasteiger partial charge on any atom is 0.134 e. The van der Waals surface area contributed by atoms with Crippen molar-refractivity contribution in [2.45, 2.75) is 18.9 Å². The number of rotatable bonds is 5. The van der Waals surface area contributed by atoms with Gasteiger partial charge in [0.15, 0.2) is 0 Å². The molecule has 86 valence electrons. The molecule has 1 atom stereocenters. The molecule has 0 amide bonds. The molecule has 16 heavy (non-hydrogen) atoms. The smallest absolute Gasteiger partial charge is 0.134 e. The van der Waals surface area contributed by atoms with E-state index in [1.54, 1.807) is 7.11 Å². The lowest BCUT2D eigenvalue weighted by molar-refractivity contribution is 0.189. The van der Waals surface area contributed by atoms with Crippen molar-refractivity contribution in [2.75, 3.05) is 13.7 Å². The highest BCUT2D eigenvalue weighted by Gasteiger charge is 2.11. The topological polar surface area (TPSA) is 48.4 Å². The van der Waals surface area contributed by atoms with Gasteiger partial charge >= 0.3 is 0 Å². The Morgan fingerprint density at radius 1 is 1.38 bits per heavy atom. The molecule has 1 aromatic heterocycles. The molecule has 0 aliphatic rings. The monoisotopic (exact) mass is 219 g/mol. The van der Waals surface area contributed by atoms with Crippen LogP contribution < -0.4 is 5.73 Å². The van der Waals surface area contributed by atoms with Gasteiger partial charge in [0.25, 0.3) is 0 Å². The van der Waals surface area contributed by atoms with E-state index in [1.165, 1.54) is 0 Å². The van der Waals surface area contributed by atoms with Gasteiger partial charge in [0.2, 0.25) is 0 Å². The van der Waals surface area contributed by atoms with Crippen LogP contribution in [0.25, 0.3) is 11.0 Å². The van der Waals surface area contributed by atoms with Crippen LogP contribution >= 0.6 is 0 Å². The lowest BCUT2D eigenvalue weighted by Crippen LogP contribution is -2.09. The van der Waals surface area contributed by atoms with Crippen LogP contribution in [-0.4, -0.2) is 13.7 Å². The summed E-state index contributed by atoms with van der Waals surface area (Å²) in [7, 11) is 1.70. The number of hydrogen-bond acceptors (Lipinski definition) is 3. The maximum atomic E-state index is 6.05. The summed E-state index contributed by atoms with van der Waals surface area (Å²) < 4.78 is 10.7. The predicted octanol–water partition coefficient (Wildman–Crippen LogP) is 2.86. The Kier molecular flexibility index (Phi) is 3.59. The molecule has 2 N–H and O–H groups in total. The fourth-order valence-corrected chi connectivity index (χ4v) is 1.77. The minimum absolute atomic E-state index is 0.0393. The molecular formula is C13H17NO2. The lowest BCUT2D eigenvalue weighted by atomic mass is 10.1. The van der Waals surface area contributed by atoms with Gasteiger partial charge in [-0.2, -0.15) is 0 Å². The van der Waals surface area contributed by atoms with Crippen molar-refractivity contribution in [1.82, 2.24) is 0 Å². The molecule has 0 aliphatic heterocycles. The van der Waals surface area contributed by atoms with Crippen molar-refractivity contribution in [2.24, 2.45) is 5.73 Å². The molecule has 0 saturated heterocycles. The molecule has 0 spiro atoms. The number of hydrogen-bond donors (Lipinski definition) is 1. The Hall–Kier alpha value is -1.32. The lowest BCUT2D eigenvalue weighted by Gasteiger charge is -2.07. The number of benzene rings is 1. The largest absolute Gasteiger partial charge is 0.459 e. The summed E-state index contributed by atoms with van der Waals surface area (Å²) in [5.41, 5.74) is 6.95. The molecule has 2 aromatic rings. The third-order valence-electron chi connectivity index (χ3n) is 2.67. The first-order valence-corrected chi connectivity index (χ1v) is 5.54. The summed E-state index contributed by atoms with van der Waals surface area (Å²) in [6, 6.07) is 9.93. The van der Waals surface area contributed by atoms with Crippen LogP contribution in [0.4, 0.5) is 0 Å². The van der Waals surface area contributed by atoms with Gasteiger partial charge in [0, 0.05) is 19.1 Å². The third kappa shape index (κ3) is 2.43. The molecule has 1 unspecified atom stereocenters. The number of ether oxygens (including phenoxy) is 1. The number of nitrogens with two attached hydrogens (primary N) is 1. The number of methoxy groups -OCH3 is 1. The van der Waals surface area contributed by atoms with E-state index in [2.05, 4.69) is 0 Å². The van der Waals surface area contributed by atoms with Crippen LogP contribution in [0.5, 0.6) is 0 Å². The summed E-state index contributed by atoms with van der Waals surface area (Å²) in [4.78, 5) is 0. The second kappa shape index (κ2) is 5.14. The van der Waals surface area contributed by atoms with Gasteiger partial charge in [-0.3, -0.25) is 0 Å². The standard InChI is InChI=1S/C13H17NO2/c1-15-8-4-6-11(14)13-9-10-5-2-3-7-12(10)16-13/h2-3,5,7,9,11H,4,6,8,14H2,1H3. The highest BCUT2D eigenvalue weighted by Crippen LogP contribution is 2.24. The second-order valence-electron chi connectivity index (χ2n) is 3.93. The van der Waals surface area contributed by atoms with Crippen molar-refractivity contribution in [3.63, 3.8) is 0 Å². The number of fused-ring (bicyclic) bond motifs is 1. The molecule has 1 heterocycles. The van der Waals surface area contributed by atoms with E-state index in [9.17, 15) is 0 Å². The molecule has 0 bridgehead atoms. The summed E-state index contributed by atoms with van der Waals surface area (Å²) in [6.45, 7) is 0.744. The Labute approximate surface area is 95.2 Å². The highest BCUT2D eigenvalue weighted by atomic mass is 16.5. The van der Waals surface area contributed by atoms with E-state index in [0.717, 1.165) is 36.2 Å². The van der Waals surface area contributed by atoms with E-state index in [4.69, 9.17) is 14.9 Å². The number of para-hydroxylation sites is 1. The van der Waals surface area contributed by atoms with Crippen LogP contribution in [-0.2, 0) is 4.74 Å². The van der Waals surface area contributed by atoms with Crippen LogP contribution in [0.1, 0.15) is 24.6 Å². The zero-order chi connectivity index (χ0) is 11.4. The molecule has 0 fully saturated rings. The zero-order valence-corrected chi connectivity index (χ0v) is 9.48. The van der Waals surface area contributed by atoms with E-state index >= 15 is 0 Å². The first kappa shape index (κ1) is 11.2. The molecule has 2 rings (SSSR count). The maximum absolute atomic E-state index is 6.05. The van der Waals surface area contributed by atoms with Gasteiger partial charge in [0.05, 0.1) is 6.04 Å². The molecule has 3 heteroatoms. The van der Waals surface area contributed by atoms with Crippen molar-refractivity contribution >= 4 is 11.0 Å². The average Bonchev–Trinajstić information content (AvgIpc) is 2.73. The van der Waals surface area contributed by atoms with E-state index in [0.29, 0.717) is 0 Å². The van der Waals surface area contributed by atoms with Crippen LogP contribution in [0.15, 0.2) is 34.7 Å². The molecular weight excluding hydrogens is 202 g/mol. The summed E-state index contributed by atoms with van der Waals surface area (Å²) in [5.74, 6) is 0.859. The fourth-order valence-electron chi connectivity index (χ4n) is 1.77. The molecule has 0 saturated carbocycles. The minimum atomic E-state index is -0.0393. The normalized spacial score (nSPS) is 13.1. The van der Waals surface area contributed by atoms with E-state index < -0.39 is 0 Å².